The zero-order valence-corrected chi connectivity index (χ0v) is 23.6. The number of rotatable bonds is 1. The molecule has 0 spiro atoms. The van der Waals surface area contributed by atoms with Crippen LogP contribution in [0.3, 0.4) is 0 Å². The van der Waals surface area contributed by atoms with Crippen molar-refractivity contribution in [3.8, 4) is 0 Å². The van der Waals surface area contributed by atoms with Crippen molar-refractivity contribution in [2.75, 3.05) is 12.4 Å². The number of aliphatic imine (C=N–C) groups is 1. The molecule has 0 radical (unpaired) electrons. The lowest BCUT2D eigenvalue weighted by molar-refractivity contribution is -0.110. The van der Waals surface area contributed by atoms with Crippen LogP contribution in [0.15, 0.2) is 15.0 Å². The van der Waals surface area contributed by atoms with Gasteiger partial charge >= 0.3 is 12.2 Å². The molecule has 184 valence electrons. The minimum absolute atomic E-state index is 0.118. The van der Waals surface area contributed by atoms with E-state index in [0.717, 1.165) is 16.3 Å². The van der Waals surface area contributed by atoms with E-state index in [-0.39, 0.29) is 16.7 Å². The molecule has 1 saturated heterocycles. The van der Waals surface area contributed by atoms with Gasteiger partial charge in [0.15, 0.2) is 5.17 Å². The third-order valence-corrected chi connectivity index (χ3v) is 7.81. The first kappa shape index (κ1) is 26.4. The Hall–Kier alpha value is -1.17. The fourth-order valence-electron chi connectivity index (χ4n) is 3.64. The van der Waals surface area contributed by atoms with Crippen LogP contribution in [0.5, 0.6) is 0 Å². The van der Waals surface area contributed by atoms with Crippen molar-refractivity contribution >= 4 is 56.4 Å². The van der Waals surface area contributed by atoms with Crippen molar-refractivity contribution in [2.45, 2.75) is 84.2 Å². The number of amidine groups is 1. The van der Waals surface area contributed by atoms with Crippen LogP contribution in [-0.4, -0.2) is 56.4 Å². The van der Waals surface area contributed by atoms with E-state index in [2.05, 4.69) is 34.8 Å². The van der Waals surface area contributed by atoms with E-state index in [1.54, 1.807) is 41.5 Å². The molecular formula is C22H32BrN3O5S2. The summed E-state index contributed by atoms with van der Waals surface area (Å²) >= 11 is 6.27. The number of ether oxygens (including phenoxy) is 3. The first-order chi connectivity index (χ1) is 15.0. The Kier molecular flexibility index (Phi) is 7.31. The highest BCUT2D eigenvalue weighted by molar-refractivity contribution is 9.10. The molecule has 0 unspecified atom stereocenters. The van der Waals surface area contributed by atoms with Gasteiger partial charge in [-0.2, -0.15) is 4.90 Å². The molecule has 1 aromatic heterocycles. The predicted octanol–water partition coefficient (Wildman–Crippen LogP) is 6.19. The molecule has 0 saturated carbocycles. The van der Waals surface area contributed by atoms with Crippen LogP contribution in [0, 0.1) is 5.92 Å². The molecule has 0 aromatic carbocycles. The second kappa shape index (κ2) is 9.13. The summed E-state index contributed by atoms with van der Waals surface area (Å²) in [5, 5.41) is 2.91. The van der Waals surface area contributed by atoms with E-state index in [9.17, 15) is 9.59 Å². The number of nitrogens with zero attached hydrogens (tertiary/aromatic N) is 3. The molecule has 2 amide bonds. The van der Waals surface area contributed by atoms with E-state index in [0.29, 0.717) is 17.0 Å². The summed E-state index contributed by atoms with van der Waals surface area (Å²) < 4.78 is 18.0. The quantitative estimate of drug-likeness (QED) is 0.403. The number of carbonyl (C=O) groups is 2. The van der Waals surface area contributed by atoms with E-state index in [1.807, 2.05) is 5.38 Å². The van der Waals surface area contributed by atoms with E-state index < -0.39 is 28.9 Å². The highest BCUT2D eigenvalue weighted by Crippen LogP contribution is 2.50. The normalized spacial score (nSPS) is 25.0. The molecule has 3 rings (SSSR count). The number of halogens is 1. The average molecular weight is 563 g/mol. The number of amides is 2. The summed E-state index contributed by atoms with van der Waals surface area (Å²) in [7, 11) is 0. The van der Waals surface area contributed by atoms with Gasteiger partial charge in [0.05, 0.1) is 12.2 Å². The van der Waals surface area contributed by atoms with E-state index in [1.165, 1.54) is 23.1 Å². The summed E-state index contributed by atoms with van der Waals surface area (Å²) in [5.74, 6) is 0.762. The van der Waals surface area contributed by atoms with Gasteiger partial charge in [-0.05, 0) is 77.7 Å². The highest BCUT2D eigenvalue weighted by Gasteiger charge is 2.53. The maximum Gasteiger partial charge on any atom is 0.426 e. The number of thioether (sulfide) groups is 1. The van der Waals surface area contributed by atoms with Crippen LogP contribution in [0.25, 0.3) is 0 Å². The van der Waals surface area contributed by atoms with Gasteiger partial charge in [-0.25, -0.2) is 19.6 Å². The van der Waals surface area contributed by atoms with Crippen LogP contribution >= 0.6 is 39.0 Å². The van der Waals surface area contributed by atoms with Gasteiger partial charge in [-0.1, -0.05) is 11.8 Å². The Labute approximate surface area is 212 Å². The zero-order chi connectivity index (χ0) is 24.8. The number of imide groups is 1. The maximum atomic E-state index is 13.2. The molecule has 0 bridgehead atoms. The molecule has 3 heterocycles. The summed E-state index contributed by atoms with van der Waals surface area (Å²) in [6.07, 6.45) is -0.879. The number of thiazole rings is 1. The number of hydrogen-bond acceptors (Lipinski definition) is 9. The van der Waals surface area contributed by atoms with Gasteiger partial charge in [0.2, 0.25) is 0 Å². The van der Waals surface area contributed by atoms with E-state index in [4.69, 9.17) is 19.2 Å². The number of hydrogen-bond donors (Lipinski definition) is 0. The average Bonchev–Trinajstić information content (AvgIpc) is 3.05. The molecule has 0 N–H and O–H groups in total. The maximum absolute atomic E-state index is 13.2. The molecule has 2 atom stereocenters. The van der Waals surface area contributed by atoms with Crippen molar-refractivity contribution in [1.82, 2.24) is 9.88 Å². The SMILES string of the molecule is CC(C)(C)OC(=O)N(C(=O)OC(C)(C)C)C1=N[C@@]2(c3nc(Br)cs3)COC(C)(C)C[C@H]2CS1. The Morgan fingerprint density at radius 2 is 1.73 bits per heavy atom. The van der Waals surface area contributed by atoms with Crippen molar-refractivity contribution in [3.05, 3.63) is 15.0 Å². The second-order valence-electron chi connectivity index (χ2n) is 10.9. The second-order valence-corrected chi connectivity index (χ2v) is 13.5. The van der Waals surface area contributed by atoms with Crippen LogP contribution in [0.4, 0.5) is 9.59 Å². The van der Waals surface area contributed by atoms with Crippen LogP contribution in [0.2, 0.25) is 0 Å². The topological polar surface area (TPSA) is 90.3 Å². The van der Waals surface area contributed by atoms with Crippen molar-refractivity contribution in [2.24, 2.45) is 10.9 Å². The molecule has 33 heavy (non-hydrogen) atoms. The van der Waals surface area contributed by atoms with Crippen molar-refractivity contribution < 1.29 is 23.8 Å². The van der Waals surface area contributed by atoms with Gasteiger partial charge in [-0.15, -0.1) is 11.3 Å². The van der Waals surface area contributed by atoms with Crippen molar-refractivity contribution in [3.63, 3.8) is 0 Å². The molecule has 2 aliphatic rings. The largest absolute Gasteiger partial charge is 0.443 e. The number of aromatic nitrogens is 1. The Morgan fingerprint density at radius 1 is 1.15 bits per heavy atom. The summed E-state index contributed by atoms with van der Waals surface area (Å²) in [4.78, 5) is 36.8. The zero-order valence-electron chi connectivity index (χ0n) is 20.4. The van der Waals surface area contributed by atoms with Gasteiger partial charge in [-0.3, -0.25) is 0 Å². The van der Waals surface area contributed by atoms with Gasteiger partial charge in [0.1, 0.15) is 26.4 Å². The van der Waals surface area contributed by atoms with Crippen LogP contribution in [-0.2, 0) is 19.7 Å². The Morgan fingerprint density at radius 3 is 2.21 bits per heavy atom. The van der Waals surface area contributed by atoms with Gasteiger partial charge in [0.25, 0.3) is 0 Å². The lowest BCUT2D eigenvalue weighted by atomic mass is 9.77. The lowest BCUT2D eigenvalue weighted by Crippen LogP contribution is -2.55. The fraction of sp³-hybridized carbons (Fsp3) is 0.727. The lowest BCUT2D eigenvalue weighted by Gasteiger charge is -2.48. The molecule has 1 fully saturated rings. The van der Waals surface area contributed by atoms with Crippen molar-refractivity contribution in [1.29, 1.82) is 0 Å². The monoisotopic (exact) mass is 561 g/mol. The molecule has 1 aromatic rings. The van der Waals surface area contributed by atoms with Crippen LogP contribution < -0.4 is 0 Å². The van der Waals surface area contributed by atoms with Gasteiger partial charge in [0, 0.05) is 17.1 Å². The predicted molar refractivity (Wildman–Crippen MR) is 134 cm³/mol. The Bertz CT molecular complexity index is 923. The smallest absolute Gasteiger partial charge is 0.426 e. The third-order valence-electron chi connectivity index (χ3n) is 5.00. The summed E-state index contributed by atoms with van der Waals surface area (Å²) in [6, 6.07) is 0. The van der Waals surface area contributed by atoms with E-state index >= 15 is 0 Å². The summed E-state index contributed by atoms with van der Waals surface area (Å²) in [6.45, 7) is 14.9. The molecule has 2 aliphatic heterocycles. The molecule has 0 aliphatic carbocycles. The van der Waals surface area contributed by atoms with Crippen LogP contribution in [0.1, 0.15) is 66.8 Å². The fourth-order valence-corrected chi connectivity index (χ4v) is 6.35. The summed E-state index contributed by atoms with van der Waals surface area (Å²) in [5.41, 5.74) is -2.70. The standard InChI is InChI=1S/C22H32BrN3O5S2/c1-19(2,3)30-17(27)26(18(28)31-20(4,5)6)16-25-22(15-24-14(23)11-32-15)12-29-21(7,8)9-13(22)10-33-16/h11,13H,9-10,12H2,1-8H3/t13-,22-/m0/s1. The minimum Gasteiger partial charge on any atom is -0.443 e. The highest BCUT2D eigenvalue weighted by atomic mass is 79.9. The number of fused-ring (bicyclic) bond motifs is 1. The first-order valence-electron chi connectivity index (χ1n) is 10.8. The molecular weight excluding hydrogens is 530 g/mol. The van der Waals surface area contributed by atoms with Gasteiger partial charge < -0.3 is 14.2 Å². The molecule has 11 heteroatoms. The number of carbonyl (C=O) groups excluding carboxylic acids is 2. The Balaban J connectivity index is 2.08. The first-order valence-corrected chi connectivity index (χ1v) is 13.4. The third kappa shape index (κ3) is 6.29. The molecule has 8 nitrogen and oxygen atoms in total. The minimum atomic E-state index is -0.825.